The molecule has 4 bridgehead atoms. The van der Waals surface area contributed by atoms with Crippen molar-refractivity contribution in [2.75, 3.05) is 13.6 Å². The predicted octanol–water partition coefficient (Wildman–Crippen LogP) is 3.50. The van der Waals surface area contributed by atoms with Gasteiger partial charge in [0.05, 0.1) is 11.7 Å². The molecular weight excluding hydrogens is 262 g/mol. The molecule has 0 N–H and O–H groups in total. The summed E-state index contributed by atoms with van der Waals surface area (Å²) >= 11 is 0. The highest BCUT2D eigenvalue weighted by molar-refractivity contribution is 5.83. The van der Waals surface area contributed by atoms with E-state index in [1.165, 1.54) is 19.3 Å². The van der Waals surface area contributed by atoms with Crippen LogP contribution in [0.15, 0.2) is 22.8 Å². The Morgan fingerprint density at radius 1 is 1.24 bits per heavy atom. The van der Waals surface area contributed by atoms with Crippen LogP contribution in [0.4, 0.5) is 0 Å². The number of hydrogen-bond donors (Lipinski definition) is 0. The van der Waals surface area contributed by atoms with Gasteiger partial charge in [-0.15, -0.1) is 0 Å². The third kappa shape index (κ3) is 2.31. The lowest BCUT2D eigenvalue weighted by Gasteiger charge is -2.56. The number of furan rings is 1. The Bertz CT molecular complexity index is 484. The lowest BCUT2D eigenvalue weighted by atomic mass is 9.49. The van der Waals surface area contributed by atoms with Gasteiger partial charge in [-0.25, -0.2) is 0 Å². The fourth-order valence-electron chi connectivity index (χ4n) is 5.61. The fourth-order valence-corrected chi connectivity index (χ4v) is 5.61. The number of rotatable bonds is 4. The molecule has 1 aromatic heterocycles. The predicted molar refractivity (Wildman–Crippen MR) is 80.7 cm³/mol. The number of carbonyl (C=O) groups excluding carboxylic acids is 1. The molecule has 4 aliphatic carbocycles. The van der Waals surface area contributed by atoms with Crippen molar-refractivity contribution < 1.29 is 9.21 Å². The van der Waals surface area contributed by atoms with Crippen molar-refractivity contribution in [3.05, 3.63) is 24.2 Å². The van der Waals surface area contributed by atoms with Gasteiger partial charge in [0, 0.05) is 20.0 Å². The minimum absolute atomic E-state index is 0.00728. The van der Waals surface area contributed by atoms with Crippen LogP contribution in [-0.4, -0.2) is 24.4 Å². The summed E-state index contributed by atoms with van der Waals surface area (Å²) in [5.41, 5.74) is -0.00728. The van der Waals surface area contributed by atoms with Gasteiger partial charge in [0.15, 0.2) is 0 Å². The number of nitrogens with zero attached hydrogens (tertiary/aromatic N) is 1. The molecule has 5 rings (SSSR count). The van der Waals surface area contributed by atoms with Crippen LogP contribution in [0.25, 0.3) is 0 Å². The lowest BCUT2D eigenvalue weighted by molar-refractivity contribution is -0.156. The van der Waals surface area contributed by atoms with Crippen molar-refractivity contribution >= 4 is 5.91 Å². The molecular formula is C18H25NO2. The van der Waals surface area contributed by atoms with Gasteiger partial charge < -0.3 is 9.32 Å². The highest BCUT2D eigenvalue weighted by Crippen LogP contribution is 2.60. The van der Waals surface area contributed by atoms with Crippen LogP contribution >= 0.6 is 0 Å². The van der Waals surface area contributed by atoms with Gasteiger partial charge in [-0.3, -0.25) is 4.79 Å². The van der Waals surface area contributed by atoms with Crippen molar-refractivity contribution in [3.63, 3.8) is 0 Å². The Hall–Kier alpha value is -1.25. The first kappa shape index (κ1) is 13.4. The molecule has 4 saturated carbocycles. The standard InChI is InChI=1S/C18H25NO2/c1-19(5-4-16-3-2-6-21-16)17(20)18-10-13-7-14(11-18)9-15(8-13)12-18/h2-3,6,13-15H,4-5,7-12H2,1H3. The van der Waals surface area contributed by atoms with Gasteiger partial charge in [0.25, 0.3) is 0 Å². The fraction of sp³-hybridized carbons (Fsp3) is 0.722. The number of amides is 1. The lowest BCUT2D eigenvalue weighted by Crippen LogP contribution is -2.54. The molecule has 1 amide bonds. The molecule has 0 unspecified atom stereocenters. The molecule has 3 heteroatoms. The molecule has 0 aromatic carbocycles. The summed E-state index contributed by atoms with van der Waals surface area (Å²) in [6.45, 7) is 0.772. The highest BCUT2D eigenvalue weighted by atomic mass is 16.3. The normalized spacial score (nSPS) is 36.9. The van der Waals surface area contributed by atoms with Crippen molar-refractivity contribution in [1.82, 2.24) is 4.90 Å². The van der Waals surface area contributed by atoms with E-state index >= 15 is 0 Å². The Morgan fingerprint density at radius 2 is 1.86 bits per heavy atom. The van der Waals surface area contributed by atoms with Crippen molar-refractivity contribution in [3.8, 4) is 0 Å². The van der Waals surface area contributed by atoms with Crippen LogP contribution in [0.3, 0.4) is 0 Å². The molecule has 114 valence electrons. The minimum atomic E-state index is -0.00728. The summed E-state index contributed by atoms with van der Waals surface area (Å²) in [6.07, 6.45) is 10.2. The highest BCUT2D eigenvalue weighted by Gasteiger charge is 2.55. The molecule has 3 nitrogen and oxygen atoms in total. The molecule has 0 aliphatic heterocycles. The van der Waals surface area contributed by atoms with Crippen molar-refractivity contribution in [2.45, 2.75) is 44.9 Å². The van der Waals surface area contributed by atoms with Crippen LogP contribution in [0.2, 0.25) is 0 Å². The van der Waals surface area contributed by atoms with Crippen molar-refractivity contribution in [1.29, 1.82) is 0 Å². The second-order valence-corrected chi connectivity index (χ2v) is 7.75. The number of carbonyl (C=O) groups is 1. The van der Waals surface area contributed by atoms with Crippen LogP contribution in [0, 0.1) is 23.2 Å². The maximum Gasteiger partial charge on any atom is 0.228 e. The molecule has 0 radical (unpaired) electrons. The largest absolute Gasteiger partial charge is 0.469 e. The first-order valence-corrected chi connectivity index (χ1v) is 8.42. The maximum atomic E-state index is 13.1. The number of hydrogen-bond acceptors (Lipinski definition) is 2. The molecule has 4 aliphatic rings. The van der Waals surface area contributed by atoms with Crippen LogP contribution in [-0.2, 0) is 11.2 Å². The first-order chi connectivity index (χ1) is 10.1. The summed E-state index contributed by atoms with van der Waals surface area (Å²) in [7, 11) is 1.98. The van der Waals surface area contributed by atoms with Crippen LogP contribution in [0.1, 0.15) is 44.3 Å². The maximum absolute atomic E-state index is 13.1. The van der Waals surface area contributed by atoms with E-state index in [4.69, 9.17) is 4.42 Å². The Morgan fingerprint density at radius 3 is 2.38 bits per heavy atom. The van der Waals surface area contributed by atoms with Gasteiger partial charge >= 0.3 is 0 Å². The average molecular weight is 287 g/mol. The first-order valence-electron chi connectivity index (χ1n) is 8.42. The third-order valence-corrected chi connectivity index (χ3v) is 6.11. The summed E-state index contributed by atoms with van der Waals surface area (Å²) in [5.74, 6) is 3.88. The molecule has 0 spiro atoms. The second kappa shape index (κ2) is 4.89. The van der Waals surface area contributed by atoms with E-state index < -0.39 is 0 Å². The van der Waals surface area contributed by atoms with Crippen LogP contribution in [0.5, 0.6) is 0 Å². The van der Waals surface area contributed by atoms with E-state index in [2.05, 4.69) is 0 Å². The van der Waals surface area contributed by atoms with E-state index in [-0.39, 0.29) is 5.41 Å². The Balaban J connectivity index is 1.44. The zero-order valence-corrected chi connectivity index (χ0v) is 12.9. The summed E-state index contributed by atoms with van der Waals surface area (Å²) in [4.78, 5) is 15.0. The molecule has 1 heterocycles. The molecule has 1 aromatic rings. The zero-order chi connectivity index (χ0) is 14.4. The van der Waals surface area contributed by atoms with Gasteiger partial charge in [-0.1, -0.05) is 0 Å². The zero-order valence-electron chi connectivity index (χ0n) is 12.9. The van der Waals surface area contributed by atoms with E-state index in [9.17, 15) is 4.79 Å². The van der Waals surface area contributed by atoms with Gasteiger partial charge in [-0.05, 0) is 68.4 Å². The summed E-state index contributed by atoms with van der Waals surface area (Å²) in [5, 5.41) is 0. The van der Waals surface area contributed by atoms with E-state index in [0.29, 0.717) is 5.91 Å². The quantitative estimate of drug-likeness (QED) is 0.849. The van der Waals surface area contributed by atoms with Gasteiger partial charge in [0.2, 0.25) is 5.91 Å². The van der Waals surface area contributed by atoms with Gasteiger partial charge in [0.1, 0.15) is 5.76 Å². The summed E-state index contributed by atoms with van der Waals surface area (Å²) in [6, 6.07) is 3.90. The number of likely N-dealkylation sites (N-methyl/N-ethyl adjacent to an activating group) is 1. The smallest absolute Gasteiger partial charge is 0.228 e. The summed E-state index contributed by atoms with van der Waals surface area (Å²) < 4.78 is 5.37. The monoisotopic (exact) mass is 287 g/mol. The average Bonchev–Trinajstić information content (AvgIpc) is 2.95. The van der Waals surface area contributed by atoms with E-state index in [1.54, 1.807) is 6.26 Å². The van der Waals surface area contributed by atoms with Crippen LogP contribution < -0.4 is 0 Å². The molecule has 21 heavy (non-hydrogen) atoms. The molecule has 0 atom stereocenters. The SMILES string of the molecule is CN(CCc1ccco1)C(=O)C12CC3CC(CC(C3)C1)C2. The Labute approximate surface area is 126 Å². The Kier molecular flexibility index (Phi) is 3.13. The third-order valence-electron chi connectivity index (χ3n) is 6.11. The van der Waals surface area contributed by atoms with E-state index in [1.807, 2.05) is 24.1 Å². The second-order valence-electron chi connectivity index (χ2n) is 7.75. The topological polar surface area (TPSA) is 33.5 Å². The minimum Gasteiger partial charge on any atom is -0.469 e. The van der Waals surface area contributed by atoms with Gasteiger partial charge in [-0.2, -0.15) is 0 Å². The molecule has 0 saturated heterocycles. The van der Waals surface area contributed by atoms with Crippen molar-refractivity contribution in [2.24, 2.45) is 23.2 Å². The van der Waals surface area contributed by atoms with E-state index in [0.717, 1.165) is 55.7 Å². The molecule has 4 fully saturated rings.